The van der Waals surface area contributed by atoms with Gasteiger partial charge in [0.25, 0.3) is 0 Å². The molecule has 0 saturated heterocycles. The fraction of sp³-hybridized carbons (Fsp3) is 0.100. The lowest BCUT2D eigenvalue weighted by molar-refractivity contribution is 1.04. The van der Waals surface area contributed by atoms with Crippen molar-refractivity contribution in [2.75, 3.05) is 10.6 Å². The molecule has 8 heteroatoms. The number of aromatic amines is 2. The summed E-state index contributed by atoms with van der Waals surface area (Å²) in [6.45, 7) is 1.32. The first-order valence-corrected chi connectivity index (χ1v) is 8.98. The first kappa shape index (κ1) is 16.2. The Morgan fingerprint density at radius 1 is 0.750 bits per heavy atom. The van der Waals surface area contributed by atoms with E-state index in [9.17, 15) is 0 Å². The van der Waals surface area contributed by atoms with E-state index in [4.69, 9.17) is 0 Å². The molecule has 0 amide bonds. The number of fused-ring (bicyclic) bond motifs is 2. The van der Waals surface area contributed by atoms with Crippen LogP contribution in [0.15, 0.2) is 61.1 Å². The molecule has 0 atom stereocenters. The van der Waals surface area contributed by atoms with Gasteiger partial charge in [-0.05, 0) is 41.5 Å². The van der Waals surface area contributed by atoms with Gasteiger partial charge in [-0.15, -0.1) is 0 Å². The van der Waals surface area contributed by atoms with E-state index >= 15 is 0 Å². The number of rotatable bonds is 6. The van der Waals surface area contributed by atoms with Gasteiger partial charge in [0.2, 0.25) is 5.95 Å². The fourth-order valence-corrected chi connectivity index (χ4v) is 3.12. The lowest BCUT2D eigenvalue weighted by Gasteiger charge is -2.09. The Hall–Kier alpha value is -3.94. The molecule has 2 aromatic carbocycles. The zero-order valence-corrected chi connectivity index (χ0v) is 15.0. The quantitative estimate of drug-likeness (QED) is 0.365. The van der Waals surface area contributed by atoms with E-state index in [0.717, 1.165) is 38.8 Å². The van der Waals surface area contributed by atoms with Crippen LogP contribution in [0, 0.1) is 0 Å². The van der Waals surface area contributed by atoms with Crippen molar-refractivity contribution in [2.24, 2.45) is 0 Å². The van der Waals surface area contributed by atoms with E-state index in [1.165, 1.54) is 0 Å². The van der Waals surface area contributed by atoms with Gasteiger partial charge < -0.3 is 10.6 Å². The minimum atomic E-state index is 0.586. The summed E-state index contributed by atoms with van der Waals surface area (Å²) in [4.78, 5) is 8.84. The standard InChI is InChI=1S/C20H18N8/c1-3-17-15(11-24-27-17)7-13(1)9-22-19-5-6-21-20(26-19)23-10-14-2-4-18-16(8-14)12-25-28-18/h1-8,11-12H,9-10H2,(H,24,27)(H,25,28)(H2,21,22,23,26). The van der Waals surface area contributed by atoms with Crippen LogP contribution in [-0.2, 0) is 13.1 Å². The lowest BCUT2D eigenvalue weighted by Crippen LogP contribution is -2.06. The molecule has 0 aliphatic rings. The van der Waals surface area contributed by atoms with Crippen LogP contribution in [0.1, 0.15) is 11.1 Å². The van der Waals surface area contributed by atoms with Gasteiger partial charge in [0.15, 0.2) is 0 Å². The summed E-state index contributed by atoms with van der Waals surface area (Å²) in [6, 6.07) is 14.2. The van der Waals surface area contributed by atoms with Crippen molar-refractivity contribution in [1.29, 1.82) is 0 Å². The second kappa shape index (κ2) is 6.99. The molecule has 8 nitrogen and oxygen atoms in total. The van der Waals surface area contributed by atoms with Crippen LogP contribution in [0.2, 0.25) is 0 Å². The third-order valence-corrected chi connectivity index (χ3v) is 4.59. The average molecular weight is 370 g/mol. The van der Waals surface area contributed by atoms with E-state index < -0.39 is 0 Å². The highest BCUT2D eigenvalue weighted by Crippen LogP contribution is 2.16. The lowest BCUT2D eigenvalue weighted by atomic mass is 10.1. The normalized spacial score (nSPS) is 11.1. The summed E-state index contributed by atoms with van der Waals surface area (Å²) in [5.41, 5.74) is 4.37. The molecule has 5 aromatic rings. The summed E-state index contributed by atoms with van der Waals surface area (Å²) in [7, 11) is 0. The maximum Gasteiger partial charge on any atom is 0.224 e. The maximum absolute atomic E-state index is 4.54. The van der Waals surface area contributed by atoms with Gasteiger partial charge in [-0.3, -0.25) is 10.2 Å². The van der Waals surface area contributed by atoms with Crippen LogP contribution >= 0.6 is 0 Å². The van der Waals surface area contributed by atoms with Gasteiger partial charge in [0, 0.05) is 30.1 Å². The van der Waals surface area contributed by atoms with E-state index in [1.807, 2.05) is 30.6 Å². The summed E-state index contributed by atoms with van der Waals surface area (Å²) in [6.07, 6.45) is 5.39. The van der Waals surface area contributed by atoms with Gasteiger partial charge in [0.05, 0.1) is 23.4 Å². The van der Waals surface area contributed by atoms with Crippen molar-refractivity contribution >= 4 is 33.6 Å². The van der Waals surface area contributed by atoms with E-state index in [1.54, 1.807) is 6.20 Å². The highest BCUT2D eigenvalue weighted by atomic mass is 15.1. The van der Waals surface area contributed by atoms with Crippen molar-refractivity contribution in [3.8, 4) is 0 Å². The number of H-pyrrole nitrogens is 2. The van der Waals surface area contributed by atoms with E-state index in [-0.39, 0.29) is 0 Å². The van der Waals surface area contributed by atoms with Crippen LogP contribution in [0.5, 0.6) is 0 Å². The smallest absolute Gasteiger partial charge is 0.224 e. The molecule has 0 aliphatic heterocycles. The van der Waals surface area contributed by atoms with Gasteiger partial charge >= 0.3 is 0 Å². The molecule has 0 saturated carbocycles. The minimum Gasteiger partial charge on any atom is -0.366 e. The fourth-order valence-electron chi connectivity index (χ4n) is 3.12. The van der Waals surface area contributed by atoms with Gasteiger partial charge in [-0.1, -0.05) is 12.1 Å². The number of benzene rings is 2. The second-order valence-corrected chi connectivity index (χ2v) is 6.56. The second-order valence-electron chi connectivity index (χ2n) is 6.56. The Morgan fingerprint density at radius 3 is 2.07 bits per heavy atom. The third kappa shape index (κ3) is 3.35. The van der Waals surface area contributed by atoms with Crippen LogP contribution < -0.4 is 10.6 Å². The molecule has 3 heterocycles. The van der Waals surface area contributed by atoms with Crippen molar-refractivity contribution < 1.29 is 0 Å². The maximum atomic E-state index is 4.54. The van der Waals surface area contributed by atoms with Crippen molar-refractivity contribution in [3.05, 3.63) is 72.2 Å². The Balaban J connectivity index is 1.23. The number of nitrogens with one attached hydrogen (secondary N) is 4. The number of aromatic nitrogens is 6. The van der Waals surface area contributed by atoms with Gasteiger partial charge in [0.1, 0.15) is 5.82 Å². The van der Waals surface area contributed by atoms with Crippen molar-refractivity contribution in [3.63, 3.8) is 0 Å². The predicted octanol–water partition coefficient (Wildman–Crippen LogP) is 3.45. The molecular formula is C20H18N8. The van der Waals surface area contributed by atoms with Gasteiger partial charge in [-0.25, -0.2) is 4.98 Å². The number of hydrogen-bond acceptors (Lipinski definition) is 6. The average Bonchev–Trinajstić information content (AvgIpc) is 3.39. The largest absolute Gasteiger partial charge is 0.366 e. The molecule has 4 N–H and O–H groups in total. The summed E-state index contributed by atoms with van der Waals surface area (Å²) < 4.78 is 0. The molecule has 3 aromatic heterocycles. The van der Waals surface area contributed by atoms with Gasteiger partial charge in [-0.2, -0.15) is 15.2 Å². The summed E-state index contributed by atoms with van der Waals surface area (Å²) in [5, 5.41) is 22.8. The van der Waals surface area contributed by atoms with Crippen LogP contribution in [0.4, 0.5) is 11.8 Å². The molecule has 0 aliphatic carbocycles. The van der Waals surface area contributed by atoms with Crippen LogP contribution in [-0.4, -0.2) is 30.4 Å². The molecule has 28 heavy (non-hydrogen) atoms. The first-order valence-electron chi connectivity index (χ1n) is 8.98. The predicted molar refractivity (Wildman–Crippen MR) is 109 cm³/mol. The molecular weight excluding hydrogens is 352 g/mol. The van der Waals surface area contributed by atoms with Crippen LogP contribution in [0.3, 0.4) is 0 Å². The molecule has 0 fully saturated rings. The highest BCUT2D eigenvalue weighted by molar-refractivity contribution is 5.79. The highest BCUT2D eigenvalue weighted by Gasteiger charge is 2.03. The van der Waals surface area contributed by atoms with Crippen LogP contribution in [0.25, 0.3) is 21.8 Å². The monoisotopic (exact) mass is 370 g/mol. The van der Waals surface area contributed by atoms with Crippen molar-refractivity contribution in [1.82, 2.24) is 30.4 Å². The Bertz CT molecular complexity index is 1150. The number of anilines is 2. The molecule has 138 valence electrons. The zero-order chi connectivity index (χ0) is 18.8. The summed E-state index contributed by atoms with van der Waals surface area (Å²) >= 11 is 0. The number of hydrogen-bond donors (Lipinski definition) is 4. The Morgan fingerprint density at radius 2 is 1.39 bits per heavy atom. The Kier molecular flexibility index (Phi) is 4.06. The number of nitrogens with zero attached hydrogens (tertiary/aromatic N) is 4. The first-order chi connectivity index (χ1) is 13.8. The minimum absolute atomic E-state index is 0.586. The van der Waals surface area contributed by atoms with E-state index in [0.29, 0.717) is 19.0 Å². The molecule has 0 radical (unpaired) electrons. The molecule has 0 spiro atoms. The molecule has 0 bridgehead atoms. The molecule has 0 unspecified atom stereocenters. The third-order valence-electron chi connectivity index (χ3n) is 4.59. The van der Waals surface area contributed by atoms with Crippen molar-refractivity contribution in [2.45, 2.75) is 13.1 Å². The van der Waals surface area contributed by atoms with E-state index in [2.05, 4.69) is 65.3 Å². The molecule has 5 rings (SSSR count). The Labute approximate surface area is 160 Å². The zero-order valence-electron chi connectivity index (χ0n) is 15.0. The topological polar surface area (TPSA) is 107 Å². The summed E-state index contributed by atoms with van der Waals surface area (Å²) in [5.74, 6) is 1.36. The SMILES string of the molecule is c1cc(NCc2ccc3[nH]ncc3c2)nc(NCc2ccc3[nH]ncc3c2)n1.